The molecule has 11 heteroatoms. The fraction of sp³-hybridized carbons (Fsp3) is 0.139. The number of H-pyrrole nitrogens is 1. The molecular formula is C36H24FNO9. The second kappa shape index (κ2) is 10.2. The van der Waals surface area contributed by atoms with Gasteiger partial charge in [0.2, 0.25) is 16.3 Å². The maximum absolute atomic E-state index is 14.1. The number of ether oxygens (including phenoxy) is 1. The van der Waals surface area contributed by atoms with E-state index in [1.807, 2.05) is 6.92 Å². The van der Waals surface area contributed by atoms with Gasteiger partial charge in [0.05, 0.1) is 33.4 Å². The zero-order valence-corrected chi connectivity index (χ0v) is 24.9. The maximum Gasteiger partial charge on any atom is 0.260 e. The summed E-state index contributed by atoms with van der Waals surface area (Å²) in [6.07, 6.45) is 6.77. The molecule has 1 spiro atoms. The topological polar surface area (TPSA) is 171 Å². The third kappa shape index (κ3) is 3.79. The van der Waals surface area contributed by atoms with E-state index in [0.29, 0.717) is 27.8 Å². The number of phenolic OH excluding ortho intramolecular Hbond substituents is 1. The average molecular weight is 634 g/mol. The van der Waals surface area contributed by atoms with Gasteiger partial charge in [-0.15, -0.1) is 0 Å². The Bertz CT molecular complexity index is 2770. The fourth-order valence-corrected chi connectivity index (χ4v) is 7.17. The summed E-state index contributed by atoms with van der Waals surface area (Å²) in [5.41, 5.74) is -5.68. The summed E-state index contributed by atoms with van der Waals surface area (Å²) < 4.78 is 19.0. The summed E-state index contributed by atoms with van der Waals surface area (Å²) in [7, 11) is 1.11. The molecule has 1 aromatic heterocycles. The molecular weight excluding hydrogens is 609 g/mol. The molecule has 4 aliphatic carbocycles. The first-order valence-electron chi connectivity index (χ1n) is 14.5. The molecule has 1 atom stereocenters. The summed E-state index contributed by atoms with van der Waals surface area (Å²) in [6, 6.07) is 7.81. The van der Waals surface area contributed by atoms with E-state index >= 15 is 0 Å². The summed E-state index contributed by atoms with van der Waals surface area (Å²) in [4.78, 5) is 70.0. The van der Waals surface area contributed by atoms with Crippen LogP contribution in [0.3, 0.4) is 0 Å². The minimum absolute atomic E-state index is 0.0551. The van der Waals surface area contributed by atoms with Crippen LogP contribution in [0.2, 0.25) is 0 Å². The van der Waals surface area contributed by atoms with Crippen LogP contribution in [-0.4, -0.2) is 27.4 Å². The number of hydrogen-bond acceptors (Lipinski definition) is 9. The van der Waals surface area contributed by atoms with Gasteiger partial charge < -0.3 is 25.0 Å². The number of aliphatic hydroxyl groups excluding tert-OH is 2. The number of aliphatic hydroxyl groups is 2. The lowest BCUT2D eigenvalue weighted by molar-refractivity contribution is 0.362. The van der Waals surface area contributed by atoms with Crippen molar-refractivity contribution in [3.05, 3.63) is 149 Å². The Morgan fingerprint density at radius 2 is 1.53 bits per heavy atom. The summed E-state index contributed by atoms with van der Waals surface area (Å²) in [5.74, 6) is -3.24. The third-order valence-electron chi connectivity index (χ3n) is 9.16. The maximum atomic E-state index is 14.1. The van der Waals surface area contributed by atoms with Crippen LogP contribution >= 0.6 is 0 Å². The van der Waals surface area contributed by atoms with Crippen molar-refractivity contribution in [2.75, 3.05) is 7.11 Å². The predicted molar refractivity (Wildman–Crippen MR) is 173 cm³/mol. The van der Waals surface area contributed by atoms with Crippen LogP contribution < -0.4 is 42.4 Å². The van der Waals surface area contributed by atoms with Crippen molar-refractivity contribution in [3.63, 3.8) is 0 Å². The number of allylic oxidation sites excluding steroid dienone is 3. The number of aromatic hydroxyl groups is 1. The smallest absolute Gasteiger partial charge is 0.260 e. The Morgan fingerprint density at radius 3 is 2.17 bits per heavy atom. The highest BCUT2D eigenvalue weighted by Gasteiger charge is 2.54. The molecule has 7 rings (SSSR count). The lowest BCUT2D eigenvalue weighted by atomic mass is 9.77. The first-order valence-corrected chi connectivity index (χ1v) is 14.5. The number of fused-ring (bicyclic) bond motifs is 4. The molecule has 1 heterocycles. The molecule has 0 bridgehead atoms. The Balaban J connectivity index is 1.68. The van der Waals surface area contributed by atoms with Crippen LogP contribution in [0.1, 0.15) is 30.2 Å². The van der Waals surface area contributed by atoms with Crippen molar-refractivity contribution < 1.29 is 24.4 Å². The largest absolute Gasteiger partial charge is 0.510 e. The van der Waals surface area contributed by atoms with Crippen molar-refractivity contribution in [2.45, 2.75) is 25.2 Å². The molecule has 0 fully saturated rings. The fourth-order valence-electron chi connectivity index (χ4n) is 7.17. The van der Waals surface area contributed by atoms with E-state index in [0.717, 1.165) is 13.2 Å². The molecule has 2 aromatic carbocycles. The lowest BCUT2D eigenvalue weighted by Crippen LogP contribution is -2.51. The first kappa shape index (κ1) is 29.6. The van der Waals surface area contributed by atoms with Gasteiger partial charge in [-0.1, -0.05) is 30.4 Å². The standard InChI is InChI=1S/C36H24FNO9/c1-3-4-5-6-17-13-19-22(15-7-9-16(37)10-8-15)18-11-12-36(28(18)32(43)23(19)35(46)38-17)33(44)26-27(34(36)45)31(42)25-24(30(26)41)20(39)14-21(47-2)29(25)40/h3-10,13-14,43-45H,11-12H2,1-2H3,(H,38,46)/b4-3+,6-5+. The van der Waals surface area contributed by atoms with Crippen molar-refractivity contribution in [1.82, 2.24) is 4.98 Å². The number of halogens is 1. The van der Waals surface area contributed by atoms with E-state index in [1.54, 1.807) is 30.4 Å². The lowest BCUT2D eigenvalue weighted by Gasteiger charge is -2.28. The Morgan fingerprint density at radius 1 is 0.872 bits per heavy atom. The summed E-state index contributed by atoms with van der Waals surface area (Å²) in [6.45, 7) is 1.82. The molecule has 0 radical (unpaired) electrons. The molecule has 47 heavy (non-hydrogen) atoms. The molecule has 234 valence electrons. The molecule has 10 nitrogen and oxygen atoms in total. The van der Waals surface area contributed by atoms with Crippen LogP contribution in [0, 0.1) is 16.3 Å². The number of methoxy groups -OCH3 is 1. The first-order chi connectivity index (χ1) is 22.5. The number of phenols is 1. The molecule has 0 aliphatic heterocycles. The highest BCUT2D eigenvalue weighted by Crippen LogP contribution is 2.56. The Hall–Kier alpha value is -6.10. The predicted octanol–water partition coefficient (Wildman–Crippen LogP) is 1.91. The number of aromatic amines is 1. The van der Waals surface area contributed by atoms with Crippen LogP contribution in [0.15, 0.2) is 78.6 Å². The van der Waals surface area contributed by atoms with Gasteiger partial charge in [0.15, 0.2) is 11.2 Å². The van der Waals surface area contributed by atoms with Crippen LogP contribution in [0.4, 0.5) is 4.39 Å². The minimum atomic E-state index is -2.09. The van der Waals surface area contributed by atoms with Crippen molar-refractivity contribution in [3.8, 4) is 22.6 Å². The van der Waals surface area contributed by atoms with Gasteiger partial charge in [-0.25, -0.2) is 4.39 Å². The van der Waals surface area contributed by atoms with Gasteiger partial charge in [-0.05, 0) is 60.7 Å². The number of pyridine rings is 1. The number of nitrogens with one attached hydrogen (secondary N) is 1. The van der Waals surface area contributed by atoms with E-state index < -0.39 is 82.4 Å². The van der Waals surface area contributed by atoms with Gasteiger partial charge in [0.1, 0.15) is 28.5 Å². The molecule has 0 saturated heterocycles. The van der Waals surface area contributed by atoms with E-state index in [-0.39, 0.29) is 23.8 Å². The van der Waals surface area contributed by atoms with Gasteiger partial charge in [0, 0.05) is 22.7 Å². The normalized spacial score (nSPS) is 17.2. The highest BCUT2D eigenvalue weighted by atomic mass is 19.1. The van der Waals surface area contributed by atoms with Crippen molar-refractivity contribution in [1.29, 1.82) is 0 Å². The quantitative estimate of drug-likeness (QED) is 0.216. The van der Waals surface area contributed by atoms with Crippen LogP contribution in [0.25, 0.3) is 39.5 Å². The van der Waals surface area contributed by atoms with E-state index in [1.165, 1.54) is 24.3 Å². The van der Waals surface area contributed by atoms with Gasteiger partial charge >= 0.3 is 0 Å². The molecule has 3 aromatic rings. The molecule has 4 aliphatic rings. The number of benzene rings is 2. The molecule has 0 saturated carbocycles. The number of rotatable bonds is 4. The van der Waals surface area contributed by atoms with Crippen molar-refractivity contribution >= 4 is 28.4 Å². The van der Waals surface area contributed by atoms with Crippen LogP contribution in [-0.2, 0) is 11.8 Å². The number of hydrogen-bond donors (Lipinski definition) is 4. The SMILES string of the molecule is C/C=C/C=C/c1cc2c(-c3ccc(F)cc3)c3c(c(O)c2c(=O)[nH]1)C1(CC3)C(O)=c2c(=O)c3c(=O)cc(OC)c(=O)c=3c(=O)c2=C1O. The van der Waals surface area contributed by atoms with Gasteiger partial charge in [0.25, 0.3) is 5.56 Å². The van der Waals surface area contributed by atoms with Gasteiger partial charge in [-0.2, -0.15) is 0 Å². The molecule has 1 unspecified atom stereocenters. The van der Waals surface area contributed by atoms with E-state index in [4.69, 9.17) is 4.74 Å². The number of aromatic nitrogens is 1. The van der Waals surface area contributed by atoms with Gasteiger partial charge in [-0.3, -0.25) is 24.0 Å². The van der Waals surface area contributed by atoms with E-state index in [2.05, 4.69) is 4.98 Å². The molecule has 0 amide bonds. The van der Waals surface area contributed by atoms with Crippen LogP contribution in [0.5, 0.6) is 11.5 Å². The average Bonchev–Trinajstić information content (AvgIpc) is 3.54. The zero-order chi connectivity index (χ0) is 33.5. The van der Waals surface area contributed by atoms with E-state index in [9.17, 15) is 43.7 Å². The second-order valence-corrected chi connectivity index (χ2v) is 11.5. The summed E-state index contributed by atoms with van der Waals surface area (Å²) in [5, 5.41) is 32.7. The van der Waals surface area contributed by atoms with Crippen molar-refractivity contribution in [2.24, 2.45) is 0 Å². The minimum Gasteiger partial charge on any atom is -0.510 e. The molecule has 4 N–H and O–H groups in total. The Kier molecular flexibility index (Phi) is 6.43. The summed E-state index contributed by atoms with van der Waals surface area (Å²) >= 11 is 0. The third-order valence-corrected chi connectivity index (χ3v) is 9.16. The highest BCUT2D eigenvalue weighted by molar-refractivity contribution is 6.05. The second-order valence-electron chi connectivity index (χ2n) is 11.5. The monoisotopic (exact) mass is 633 g/mol. The zero-order valence-electron chi connectivity index (χ0n) is 24.9. The Labute approximate surface area is 262 Å².